The molecule has 1 atom stereocenters. The van der Waals surface area contributed by atoms with E-state index >= 15 is 0 Å². The van der Waals surface area contributed by atoms with Crippen LogP contribution in [0.15, 0.2) is 30.3 Å². The monoisotopic (exact) mass is 240 g/mol. The molecule has 1 aromatic rings. The molecule has 17 heavy (non-hydrogen) atoms. The Morgan fingerprint density at radius 2 is 1.65 bits per heavy atom. The van der Waals surface area contributed by atoms with Gasteiger partial charge in [-0.1, -0.05) is 18.2 Å². The molecule has 0 saturated heterocycles. The SMILES string of the molecule is O=C(OC(CO)C(CO)CO)c1ccccc1. The summed E-state index contributed by atoms with van der Waals surface area (Å²) in [6.07, 6.45) is -0.905. The number of benzene rings is 1. The predicted octanol–water partition coefficient (Wildman–Crippen LogP) is -0.195. The molecular weight excluding hydrogens is 224 g/mol. The van der Waals surface area contributed by atoms with Gasteiger partial charge in [0.2, 0.25) is 0 Å². The average molecular weight is 240 g/mol. The molecule has 0 amide bonds. The van der Waals surface area contributed by atoms with Gasteiger partial charge in [-0.05, 0) is 12.1 Å². The number of aliphatic hydroxyl groups excluding tert-OH is 3. The topological polar surface area (TPSA) is 87.0 Å². The first-order valence-corrected chi connectivity index (χ1v) is 5.31. The van der Waals surface area contributed by atoms with Gasteiger partial charge in [0.05, 0.1) is 25.4 Å². The lowest BCUT2D eigenvalue weighted by molar-refractivity contribution is -0.0306. The lowest BCUT2D eigenvalue weighted by atomic mass is 10.1. The van der Waals surface area contributed by atoms with Crippen molar-refractivity contribution in [3.63, 3.8) is 0 Å². The van der Waals surface area contributed by atoms with Gasteiger partial charge in [0.15, 0.2) is 0 Å². The Balaban J connectivity index is 2.66. The Kier molecular flexibility index (Phi) is 5.62. The zero-order chi connectivity index (χ0) is 12.7. The van der Waals surface area contributed by atoms with Crippen molar-refractivity contribution < 1.29 is 24.9 Å². The zero-order valence-corrected chi connectivity index (χ0v) is 9.32. The van der Waals surface area contributed by atoms with Crippen molar-refractivity contribution in [3.8, 4) is 0 Å². The smallest absolute Gasteiger partial charge is 0.338 e. The first kappa shape index (κ1) is 13.6. The number of hydrogen-bond donors (Lipinski definition) is 3. The van der Waals surface area contributed by atoms with Crippen molar-refractivity contribution in [2.24, 2.45) is 5.92 Å². The molecule has 0 aromatic heterocycles. The van der Waals surface area contributed by atoms with Crippen LogP contribution in [0, 0.1) is 5.92 Å². The van der Waals surface area contributed by atoms with E-state index in [-0.39, 0.29) is 13.2 Å². The molecule has 0 bridgehead atoms. The molecule has 1 rings (SSSR count). The Labute approximate surface area is 99.3 Å². The number of rotatable bonds is 6. The molecule has 0 fully saturated rings. The molecule has 94 valence electrons. The second-order valence-electron chi connectivity index (χ2n) is 3.62. The van der Waals surface area contributed by atoms with Crippen LogP contribution in [0.2, 0.25) is 0 Å². The van der Waals surface area contributed by atoms with E-state index in [0.717, 1.165) is 0 Å². The number of carbonyl (C=O) groups excluding carboxylic acids is 1. The van der Waals surface area contributed by atoms with Gasteiger partial charge in [0, 0.05) is 5.92 Å². The van der Waals surface area contributed by atoms with E-state index in [0.29, 0.717) is 5.56 Å². The minimum absolute atomic E-state index is 0.357. The third-order valence-electron chi connectivity index (χ3n) is 2.44. The van der Waals surface area contributed by atoms with Crippen LogP contribution in [-0.2, 0) is 4.74 Å². The van der Waals surface area contributed by atoms with Gasteiger partial charge in [-0.3, -0.25) is 0 Å². The van der Waals surface area contributed by atoms with Crippen LogP contribution in [-0.4, -0.2) is 47.2 Å². The molecule has 1 unspecified atom stereocenters. The van der Waals surface area contributed by atoms with Crippen LogP contribution >= 0.6 is 0 Å². The maximum atomic E-state index is 11.7. The summed E-state index contributed by atoms with van der Waals surface area (Å²) in [5.74, 6) is -1.26. The van der Waals surface area contributed by atoms with Crippen LogP contribution in [0.25, 0.3) is 0 Å². The molecule has 5 nitrogen and oxygen atoms in total. The minimum atomic E-state index is -0.905. The second kappa shape index (κ2) is 7.01. The van der Waals surface area contributed by atoms with Crippen LogP contribution in [0.4, 0.5) is 0 Å². The van der Waals surface area contributed by atoms with Crippen LogP contribution in [0.1, 0.15) is 10.4 Å². The van der Waals surface area contributed by atoms with Gasteiger partial charge in [-0.15, -0.1) is 0 Å². The van der Waals surface area contributed by atoms with E-state index in [2.05, 4.69) is 0 Å². The van der Waals surface area contributed by atoms with Gasteiger partial charge in [-0.25, -0.2) is 4.79 Å². The lowest BCUT2D eigenvalue weighted by Crippen LogP contribution is -2.34. The Morgan fingerprint density at radius 3 is 2.12 bits per heavy atom. The summed E-state index contributed by atoms with van der Waals surface area (Å²) in [5, 5.41) is 27.0. The van der Waals surface area contributed by atoms with Crippen LogP contribution < -0.4 is 0 Å². The highest BCUT2D eigenvalue weighted by Gasteiger charge is 2.24. The molecule has 0 radical (unpaired) electrons. The molecule has 0 aliphatic rings. The fraction of sp³-hybridized carbons (Fsp3) is 0.417. The van der Waals surface area contributed by atoms with E-state index < -0.39 is 24.6 Å². The number of hydrogen-bond acceptors (Lipinski definition) is 5. The first-order valence-electron chi connectivity index (χ1n) is 5.31. The third-order valence-corrected chi connectivity index (χ3v) is 2.44. The summed E-state index contributed by atoms with van der Waals surface area (Å²) in [6.45, 7) is -1.15. The number of ether oxygens (including phenoxy) is 1. The van der Waals surface area contributed by atoms with Crippen molar-refractivity contribution >= 4 is 5.97 Å². The summed E-state index contributed by atoms with van der Waals surface area (Å²) in [7, 11) is 0. The van der Waals surface area contributed by atoms with E-state index in [1.807, 2.05) is 0 Å². The molecule has 0 aliphatic carbocycles. The normalized spacial score (nSPS) is 12.5. The number of aliphatic hydroxyl groups is 3. The van der Waals surface area contributed by atoms with E-state index in [1.54, 1.807) is 30.3 Å². The van der Waals surface area contributed by atoms with Crippen LogP contribution in [0.3, 0.4) is 0 Å². The fourth-order valence-corrected chi connectivity index (χ4v) is 1.36. The quantitative estimate of drug-likeness (QED) is 0.600. The van der Waals surface area contributed by atoms with Gasteiger partial charge in [0.25, 0.3) is 0 Å². The van der Waals surface area contributed by atoms with E-state index in [4.69, 9.17) is 20.1 Å². The van der Waals surface area contributed by atoms with E-state index in [9.17, 15) is 4.79 Å². The summed E-state index contributed by atoms with van der Waals surface area (Å²) in [6, 6.07) is 8.33. The highest BCUT2D eigenvalue weighted by atomic mass is 16.6. The van der Waals surface area contributed by atoms with Crippen molar-refractivity contribution in [1.82, 2.24) is 0 Å². The lowest BCUT2D eigenvalue weighted by Gasteiger charge is -2.22. The van der Waals surface area contributed by atoms with Gasteiger partial charge in [0.1, 0.15) is 6.10 Å². The summed E-state index contributed by atoms with van der Waals surface area (Å²) < 4.78 is 5.02. The highest BCUT2D eigenvalue weighted by Crippen LogP contribution is 2.10. The number of carbonyl (C=O) groups is 1. The molecular formula is C12H16O5. The molecule has 0 saturated carbocycles. The van der Waals surface area contributed by atoms with Crippen LogP contribution in [0.5, 0.6) is 0 Å². The Bertz CT molecular complexity index is 334. The molecule has 5 heteroatoms. The molecule has 3 N–H and O–H groups in total. The molecule has 0 heterocycles. The maximum absolute atomic E-state index is 11.7. The Morgan fingerprint density at radius 1 is 1.06 bits per heavy atom. The largest absolute Gasteiger partial charge is 0.456 e. The first-order chi connectivity index (χ1) is 8.22. The van der Waals surface area contributed by atoms with Crippen molar-refractivity contribution in [2.45, 2.75) is 6.10 Å². The van der Waals surface area contributed by atoms with Gasteiger partial charge < -0.3 is 20.1 Å². The maximum Gasteiger partial charge on any atom is 0.338 e. The average Bonchev–Trinajstić information content (AvgIpc) is 2.39. The van der Waals surface area contributed by atoms with Crippen molar-refractivity contribution in [2.75, 3.05) is 19.8 Å². The summed E-state index contributed by atoms with van der Waals surface area (Å²) in [4.78, 5) is 11.7. The molecule has 0 aliphatic heterocycles. The third kappa shape index (κ3) is 3.81. The highest BCUT2D eigenvalue weighted by molar-refractivity contribution is 5.89. The predicted molar refractivity (Wildman–Crippen MR) is 60.4 cm³/mol. The second-order valence-corrected chi connectivity index (χ2v) is 3.62. The fourth-order valence-electron chi connectivity index (χ4n) is 1.36. The molecule has 0 spiro atoms. The van der Waals surface area contributed by atoms with Crippen molar-refractivity contribution in [3.05, 3.63) is 35.9 Å². The van der Waals surface area contributed by atoms with E-state index in [1.165, 1.54) is 0 Å². The minimum Gasteiger partial charge on any atom is -0.456 e. The number of esters is 1. The molecule has 1 aromatic carbocycles. The summed E-state index contributed by atoms with van der Waals surface area (Å²) >= 11 is 0. The summed E-state index contributed by atoms with van der Waals surface area (Å²) in [5.41, 5.74) is 0.362. The standard InChI is InChI=1S/C12H16O5/c13-6-10(7-14)11(8-15)17-12(16)9-4-2-1-3-5-9/h1-5,10-11,13-15H,6-8H2. The van der Waals surface area contributed by atoms with Gasteiger partial charge in [-0.2, -0.15) is 0 Å². The van der Waals surface area contributed by atoms with Crippen molar-refractivity contribution in [1.29, 1.82) is 0 Å². The Hall–Kier alpha value is -1.43. The van der Waals surface area contributed by atoms with Gasteiger partial charge >= 0.3 is 5.97 Å². The zero-order valence-electron chi connectivity index (χ0n) is 9.32.